The van der Waals surface area contributed by atoms with Gasteiger partial charge in [0.25, 0.3) is 0 Å². The number of rotatable bonds is 4. The van der Waals surface area contributed by atoms with Gasteiger partial charge in [-0.05, 0) is 50.5 Å². The molecule has 0 aliphatic heterocycles. The van der Waals surface area contributed by atoms with Gasteiger partial charge in [0.15, 0.2) is 0 Å². The predicted molar refractivity (Wildman–Crippen MR) is 73.6 cm³/mol. The highest BCUT2D eigenvalue weighted by Gasteiger charge is 2.55. The third-order valence-corrected chi connectivity index (χ3v) is 4.71. The van der Waals surface area contributed by atoms with Crippen LogP contribution in [-0.2, 0) is 0 Å². The monoisotopic (exact) mass is 245 g/mol. The van der Waals surface area contributed by atoms with E-state index in [-0.39, 0.29) is 6.04 Å². The molecule has 0 bridgehead atoms. The molecule has 0 aromatic heterocycles. The van der Waals surface area contributed by atoms with E-state index in [4.69, 9.17) is 10.5 Å². The summed E-state index contributed by atoms with van der Waals surface area (Å²) in [5, 5.41) is 0. The molecule has 18 heavy (non-hydrogen) atoms. The molecule has 0 amide bonds. The second-order valence-corrected chi connectivity index (χ2v) is 5.84. The third-order valence-electron chi connectivity index (χ3n) is 4.71. The van der Waals surface area contributed by atoms with Crippen molar-refractivity contribution < 1.29 is 4.74 Å². The van der Waals surface area contributed by atoms with Gasteiger partial charge < -0.3 is 10.5 Å². The summed E-state index contributed by atoms with van der Waals surface area (Å²) in [5.74, 6) is 3.49. The van der Waals surface area contributed by atoms with Crippen molar-refractivity contribution in [2.75, 3.05) is 6.61 Å². The topological polar surface area (TPSA) is 35.2 Å². The molecule has 3 unspecified atom stereocenters. The highest BCUT2D eigenvalue weighted by molar-refractivity contribution is 5.40. The van der Waals surface area contributed by atoms with Gasteiger partial charge in [0.05, 0.1) is 6.61 Å². The Morgan fingerprint density at radius 2 is 2.06 bits per heavy atom. The average Bonchev–Trinajstić information content (AvgIpc) is 2.84. The summed E-state index contributed by atoms with van der Waals surface area (Å²) >= 11 is 0. The molecule has 2 fully saturated rings. The van der Waals surface area contributed by atoms with Gasteiger partial charge in [-0.3, -0.25) is 0 Å². The number of benzene rings is 1. The molecule has 98 valence electrons. The maximum atomic E-state index is 6.51. The standard InChI is InChI=1S/C16H23NO/c1-3-18-14-8-7-10(2)9-13(14)16(17)15-11-5-4-6-12(11)15/h7-9,11-12,15-16H,3-6,17H2,1-2H3. The zero-order valence-electron chi connectivity index (χ0n) is 11.4. The van der Waals surface area contributed by atoms with Crippen molar-refractivity contribution in [1.82, 2.24) is 0 Å². The molecule has 3 atom stereocenters. The van der Waals surface area contributed by atoms with E-state index in [1.165, 1.54) is 30.4 Å². The lowest BCUT2D eigenvalue weighted by Gasteiger charge is -2.18. The van der Waals surface area contributed by atoms with E-state index in [1.807, 2.05) is 6.92 Å². The predicted octanol–water partition coefficient (Wildman–Crippen LogP) is 3.44. The van der Waals surface area contributed by atoms with Gasteiger partial charge in [-0.1, -0.05) is 24.1 Å². The Balaban J connectivity index is 1.84. The molecule has 0 heterocycles. The van der Waals surface area contributed by atoms with E-state index in [1.54, 1.807) is 0 Å². The summed E-state index contributed by atoms with van der Waals surface area (Å²) in [6, 6.07) is 6.56. The fraction of sp³-hybridized carbons (Fsp3) is 0.625. The molecule has 0 radical (unpaired) electrons. The van der Waals surface area contributed by atoms with E-state index in [0.29, 0.717) is 12.5 Å². The first-order valence-electron chi connectivity index (χ1n) is 7.21. The van der Waals surface area contributed by atoms with Crippen molar-refractivity contribution in [3.8, 4) is 5.75 Å². The van der Waals surface area contributed by atoms with Crippen LogP contribution in [0, 0.1) is 24.7 Å². The van der Waals surface area contributed by atoms with Crippen LogP contribution in [0.5, 0.6) is 5.75 Å². The molecular weight excluding hydrogens is 222 g/mol. The summed E-state index contributed by atoms with van der Waals surface area (Å²) in [6.45, 7) is 4.86. The maximum absolute atomic E-state index is 6.51. The van der Waals surface area contributed by atoms with Gasteiger partial charge >= 0.3 is 0 Å². The van der Waals surface area contributed by atoms with Crippen LogP contribution >= 0.6 is 0 Å². The zero-order valence-corrected chi connectivity index (χ0v) is 11.4. The summed E-state index contributed by atoms with van der Waals surface area (Å²) in [4.78, 5) is 0. The first-order chi connectivity index (χ1) is 8.72. The smallest absolute Gasteiger partial charge is 0.124 e. The van der Waals surface area contributed by atoms with Crippen LogP contribution < -0.4 is 10.5 Å². The molecule has 2 aliphatic rings. The lowest BCUT2D eigenvalue weighted by molar-refractivity contribution is 0.331. The second kappa shape index (κ2) is 4.58. The van der Waals surface area contributed by atoms with Crippen molar-refractivity contribution in [3.05, 3.63) is 29.3 Å². The van der Waals surface area contributed by atoms with Gasteiger partial charge in [0.2, 0.25) is 0 Å². The Morgan fingerprint density at radius 3 is 2.72 bits per heavy atom. The summed E-state index contributed by atoms with van der Waals surface area (Å²) < 4.78 is 5.73. The van der Waals surface area contributed by atoms with Gasteiger partial charge in [0, 0.05) is 11.6 Å². The van der Waals surface area contributed by atoms with Crippen LogP contribution in [0.15, 0.2) is 18.2 Å². The largest absolute Gasteiger partial charge is 0.494 e. The molecule has 0 spiro atoms. The Hall–Kier alpha value is -1.02. The van der Waals surface area contributed by atoms with Gasteiger partial charge in [-0.2, -0.15) is 0 Å². The van der Waals surface area contributed by atoms with Crippen LogP contribution in [-0.4, -0.2) is 6.61 Å². The summed E-state index contributed by atoms with van der Waals surface area (Å²) in [5.41, 5.74) is 9.00. The van der Waals surface area contributed by atoms with Crippen molar-refractivity contribution in [2.24, 2.45) is 23.5 Å². The molecule has 2 saturated carbocycles. The lowest BCUT2D eigenvalue weighted by Crippen LogP contribution is -2.17. The number of hydrogen-bond donors (Lipinski definition) is 1. The molecular formula is C16H23NO. The fourth-order valence-corrected chi connectivity index (χ4v) is 3.83. The molecule has 1 aromatic carbocycles. The van der Waals surface area contributed by atoms with Gasteiger partial charge in [-0.25, -0.2) is 0 Å². The number of ether oxygens (including phenoxy) is 1. The van der Waals surface area contributed by atoms with Crippen molar-refractivity contribution >= 4 is 0 Å². The molecule has 0 saturated heterocycles. The number of fused-ring (bicyclic) bond motifs is 1. The maximum Gasteiger partial charge on any atom is 0.124 e. The van der Waals surface area contributed by atoms with E-state index in [2.05, 4.69) is 25.1 Å². The van der Waals surface area contributed by atoms with Crippen molar-refractivity contribution in [3.63, 3.8) is 0 Å². The van der Waals surface area contributed by atoms with E-state index in [9.17, 15) is 0 Å². The molecule has 2 N–H and O–H groups in total. The minimum atomic E-state index is 0.168. The van der Waals surface area contributed by atoms with Crippen LogP contribution in [0.4, 0.5) is 0 Å². The first kappa shape index (κ1) is 12.0. The zero-order chi connectivity index (χ0) is 12.7. The minimum Gasteiger partial charge on any atom is -0.494 e. The fourth-order valence-electron chi connectivity index (χ4n) is 3.83. The first-order valence-corrected chi connectivity index (χ1v) is 7.21. The SMILES string of the molecule is CCOc1ccc(C)cc1C(N)C1C2CCCC21. The Morgan fingerprint density at radius 1 is 1.33 bits per heavy atom. The average molecular weight is 245 g/mol. The van der Waals surface area contributed by atoms with Crippen LogP contribution in [0.1, 0.15) is 43.4 Å². The molecule has 2 aliphatic carbocycles. The highest BCUT2D eigenvalue weighted by atomic mass is 16.5. The second-order valence-electron chi connectivity index (χ2n) is 5.84. The molecule has 1 aromatic rings. The Bertz CT molecular complexity index is 433. The van der Waals surface area contributed by atoms with E-state index < -0.39 is 0 Å². The Labute approximate surface area is 110 Å². The number of nitrogens with two attached hydrogens (primary N) is 1. The van der Waals surface area contributed by atoms with Crippen LogP contribution in [0.25, 0.3) is 0 Å². The lowest BCUT2D eigenvalue weighted by atomic mass is 9.95. The molecule has 3 rings (SSSR count). The number of hydrogen-bond acceptors (Lipinski definition) is 2. The highest BCUT2D eigenvalue weighted by Crippen LogP contribution is 2.62. The summed E-state index contributed by atoms with van der Waals surface area (Å²) in [7, 11) is 0. The quantitative estimate of drug-likeness (QED) is 0.882. The van der Waals surface area contributed by atoms with Gasteiger partial charge in [-0.15, -0.1) is 0 Å². The normalized spacial score (nSPS) is 30.9. The van der Waals surface area contributed by atoms with E-state index in [0.717, 1.165) is 17.6 Å². The Kier molecular flexibility index (Phi) is 3.06. The number of aryl methyl sites for hydroxylation is 1. The van der Waals surface area contributed by atoms with Crippen molar-refractivity contribution in [2.45, 2.75) is 39.2 Å². The summed E-state index contributed by atoms with van der Waals surface area (Å²) in [6.07, 6.45) is 4.18. The minimum absolute atomic E-state index is 0.168. The molecule has 2 heteroatoms. The van der Waals surface area contributed by atoms with Crippen molar-refractivity contribution in [1.29, 1.82) is 0 Å². The van der Waals surface area contributed by atoms with E-state index >= 15 is 0 Å². The van der Waals surface area contributed by atoms with Gasteiger partial charge in [0.1, 0.15) is 5.75 Å². The van der Waals surface area contributed by atoms with Crippen LogP contribution in [0.2, 0.25) is 0 Å². The molecule has 2 nitrogen and oxygen atoms in total. The third kappa shape index (κ3) is 1.93. The van der Waals surface area contributed by atoms with Crippen LogP contribution in [0.3, 0.4) is 0 Å².